The predicted molar refractivity (Wildman–Crippen MR) is 64.5 cm³/mol. The van der Waals surface area contributed by atoms with Gasteiger partial charge in [-0.15, -0.1) is 0 Å². The molecule has 1 N–H and O–H groups in total. The van der Waals surface area contributed by atoms with Crippen LogP contribution in [0.1, 0.15) is 36.0 Å². The van der Waals surface area contributed by atoms with Crippen molar-refractivity contribution in [3.8, 4) is 0 Å². The predicted octanol–water partition coefficient (Wildman–Crippen LogP) is 2.69. The van der Waals surface area contributed by atoms with E-state index in [0.717, 1.165) is 25.0 Å². The van der Waals surface area contributed by atoms with Crippen LogP contribution < -0.4 is 0 Å². The molecule has 0 saturated carbocycles. The van der Waals surface area contributed by atoms with Crippen LogP contribution in [0.5, 0.6) is 0 Å². The molecule has 1 aliphatic rings. The fraction of sp³-hybridized carbons (Fsp3) is 0.571. The first-order chi connectivity index (χ1) is 7.62. The summed E-state index contributed by atoms with van der Waals surface area (Å²) in [6.45, 7) is 5.56. The van der Waals surface area contributed by atoms with Crippen molar-refractivity contribution in [2.45, 2.75) is 38.7 Å². The lowest BCUT2D eigenvalue weighted by molar-refractivity contribution is 0.0138. The lowest BCUT2D eigenvalue weighted by Crippen LogP contribution is -2.27. The third-order valence-electron chi connectivity index (χ3n) is 3.43. The van der Waals surface area contributed by atoms with Gasteiger partial charge >= 0.3 is 0 Å². The van der Waals surface area contributed by atoms with Crippen LogP contribution >= 0.6 is 0 Å². The van der Waals surface area contributed by atoms with Gasteiger partial charge in [-0.25, -0.2) is 0 Å². The van der Waals surface area contributed by atoms with E-state index in [-0.39, 0.29) is 0 Å². The highest BCUT2D eigenvalue weighted by molar-refractivity contribution is 5.35. The van der Waals surface area contributed by atoms with E-state index < -0.39 is 5.60 Å². The van der Waals surface area contributed by atoms with E-state index >= 15 is 0 Å². The SMILES string of the molecule is Cc1ccc(C)c(C2(O)CCCOCC2)c1. The summed E-state index contributed by atoms with van der Waals surface area (Å²) in [6.07, 6.45) is 2.44. The molecule has 1 unspecified atom stereocenters. The lowest BCUT2D eigenvalue weighted by atomic mass is 9.83. The van der Waals surface area contributed by atoms with Crippen LogP contribution in [0.4, 0.5) is 0 Å². The normalized spacial score (nSPS) is 26.4. The fourth-order valence-electron chi connectivity index (χ4n) is 2.44. The number of benzene rings is 1. The number of rotatable bonds is 1. The maximum Gasteiger partial charge on any atom is 0.0922 e. The Morgan fingerprint density at radius 1 is 1.19 bits per heavy atom. The molecular formula is C14H20O2. The van der Waals surface area contributed by atoms with Crippen LogP contribution in [0.2, 0.25) is 0 Å². The Kier molecular flexibility index (Phi) is 3.31. The van der Waals surface area contributed by atoms with Crippen molar-refractivity contribution >= 4 is 0 Å². The number of ether oxygens (including phenoxy) is 1. The molecule has 1 aromatic rings. The third-order valence-corrected chi connectivity index (χ3v) is 3.43. The second-order valence-corrected chi connectivity index (χ2v) is 4.82. The van der Waals surface area contributed by atoms with Gasteiger partial charge in [-0.1, -0.05) is 23.8 Å². The fourth-order valence-corrected chi connectivity index (χ4v) is 2.44. The maximum atomic E-state index is 10.7. The molecule has 0 aliphatic carbocycles. The molecule has 1 heterocycles. The zero-order valence-electron chi connectivity index (χ0n) is 10.1. The number of aryl methyl sites for hydroxylation is 2. The van der Waals surface area contributed by atoms with Gasteiger partial charge < -0.3 is 9.84 Å². The van der Waals surface area contributed by atoms with Crippen molar-refractivity contribution in [3.63, 3.8) is 0 Å². The number of hydrogen-bond acceptors (Lipinski definition) is 2. The van der Waals surface area contributed by atoms with Gasteiger partial charge in [-0.2, -0.15) is 0 Å². The zero-order valence-corrected chi connectivity index (χ0v) is 10.1. The zero-order chi connectivity index (χ0) is 11.6. The van der Waals surface area contributed by atoms with Crippen LogP contribution in [0.25, 0.3) is 0 Å². The molecule has 2 rings (SSSR count). The highest BCUT2D eigenvalue weighted by Gasteiger charge is 2.31. The second-order valence-electron chi connectivity index (χ2n) is 4.82. The topological polar surface area (TPSA) is 29.5 Å². The Labute approximate surface area is 97.3 Å². The summed E-state index contributed by atoms with van der Waals surface area (Å²) < 4.78 is 5.42. The molecule has 0 spiro atoms. The third kappa shape index (κ3) is 2.28. The molecule has 16 heavy (non-hydrogen) atoms. The Bertz CT molecular complexity index is 363. The summed E-state index contributed by atoms with van der Waals surface area (Å²) in [7, 11) is 0. The summed E-state index contributed by atoms with van der Waals surface area (Å²) in [4.78, 5) is 0. The Morgan fingerprint density at radius 3 is 2.81 bits per heavy atom. The van der Waals surface area contributed by atoms with E-state index in [9.17, 15) is 5.11 Å². The van der Waals surface area contributed by atoms with Crippen LogP contribution in [0.3, 0.4) is 0 Å². The van der Waals surface area contributed by atoms with E-state index in [1.165, 1.54) is 11.1 Å². The molecular weight excluding hydrogens is 200 g/mol. The summed E-state index contributed by atoms with van der Waals surface area (Å²) in [5, 5.41) is 10.7. The largest absolute Gasteiger partial charge is 0.385 e. The minimum Gasteiger partial charge on any atom is -0.385 e. The van der Waals surface area contributed by atoms with Crippen molar-refractivity contribution in [2.75, 3.05) is 13.2 Å². The highest BCUT2D eigenvalue weighted by atomic mass is 16.5. The Morgan fingerprint density at radius 2 is 2.00 bits per heavy atom. The van der Waals surface area contributed by atoms with Crippen molar-refractivity contribution in [1.82, 2.24) is 0 Å². The first-order valence-corrected chi connectivity index (χ1v) is 6.00. The van der Waals surface area contributed by atoms with E-state index in [0.29, 0.717) is 13.0 Å². The molecule has 0 radical (unpaired) electrons. The second kappa shape index (κ2) is 4.56. The van der Waals surface area contributed by atoms with E-state index in [2.05, 4.69) is 32.0 Å². The molecule has 1 aliphatic heterocycles. The lowest BCUT2D eigenvalue weighted by Gasteiger charge is -2.28. The van der Waals surface area contributed by atoms with Crippen molar-refractivity contribution in [3.05, 3.63) is 34.9 Å². The quantitative estimate of drug-likeness (QED) is 0.788. The molecule has 0 amide bonds. The van der Waals surface area contributed by atoms with Gasteiger partial charge in [-0.3, -0.25) is 0 Å². The summed E-state index contributed by atoms with van der Waals surface area (Å²) >= 11 is 0. The Hall–Kier alpha value is -0.860. The van der Waals surface area contributed by atoms with Crippen molar-refractivity contribution in [1.29, 1.82) is 0 Å². The van der Waals surface area contributed by atoms with Gasteiger partial charge in [0.2, 0.25) is 0 Å². The first-order valence-electron chi connectivity index (χ1n) is 6.00. The van der Waals surface area contributed by atoms with E-state index in [4.69, 9.17) is 4.74 Å². The van der Waals surface area contributed by atoms with Gasteiger partial charge in [0.1, 0.15) is 0 Å². The molecule has 2 heteroatoms. The molecule has 1 atom stereocenters. The van der Waals surface area contributed by atoms with Gasteiger partial charge in [-0.05, 0) is 37.8 Å². The molecule has 1 aromatic carbocycles. The van der Waals surface area contributed by atoms with E-state index in [1.54, 1.807) is 0 Å². The minimum atomic E-state index is -0.688. The molecule has 88 valence electrons. The monoisotopic (exact) mass is 220 g/mol. The van der Waals surface area contributed by atoms with Crippen LogP contribution in [-0.4, -0.2) is 18.3 Å². The summed E-state index contributed by atoms with van der Waals surface area (Å²) in [5.41, 5.74) is 2.78. The number of aliphatic hydroxyl groups is 1. The van der Waals surface area contributed by atoms with Gasteiger partial charge in [0.25, 0.3) is 0 Å². The van der Waals surface area contributed by atoms with Crippen LogP contribution in [0.15, 0.2) is 18.2 Å². The molecule has 2 nitrogen and oxygen atoms in total. The smallest absolute Gasteiger partial charge is 0.0922 e. The minimum absolute atomic E-state index is 0.657. The molecule has 0 bridgehead atoms. The van der Waals surface area contributed by atoms with Gasteiger partial charge in [0.15, 0.2) is 0 Å². The van der Waals surface area contributed by atoms with Crippen LogP contribution in [-0.2, 0) is 10.3 Å². The van der Waals surface area contributed by atoms with Crippen LogP contribution in [0, 0.1) is 13.8 Å². The number of hydrogen-bond donors (Lipinski definition) is 1. The van der Waals surface area contributed by atoms with Gasteiger partial charge in [0.05, 0.1) is 5.60 Å². The van der Waals surface area contributed by atoms with Gasteiger partial charge in [0, 0.05) is 19.6 Å². The summed E-state index contributed by atoms with van der Waals surface area (Å²) in [6, 6.07) is 6.30. The molecule has 0 aromatic heterocycles. The molecule has 1 saturated heterocycles. The van der Waals surface area contributed by atoms with Crippen molar-refractivity contribution in [2.24, 2.45) is 0 Å². The Balaban J connectivity index is 2.36. The standard InChI is InChI=1S/C14H20O2/c1-11-4-5-12(2)13(10-11)14(15)6-3-8-16-9-7-14/h4-5,10,15H,3,6-9H2,1-2H3. The van der Waals surface area contributed by atoms with E-state index in [1.807, 2.05) is 0 Å². The highest BCUT2D eigenvalue weighted by Crippen LogP contribution is 2.34. The first kappa shape index (κ1) is 11.6. The average molecular weight is 220 g/mol. The average Bonchev–Trinajstić information content (AvgIpc) is 2.48. The maximum absolute atomic E-state index is 10.7. The van der Waals surface area contributed by atoms with Crippen molar-refractivity contribution < 1.29 is 9.84 Å². The summed E-state index contributed by atoms with van der Waals surface area (Å²) in [5.74, 6) is 0. The molecule has 1 fully saturated rings.